The van der Waals surface area contributed by atoms with Crippen molar-refractivity contribution in [2.45, 2.75) is 0 Å². The molecule has 0 amide bonds. The van der Waals surface area contributed by atoms with Crippen molar-refractivity contribution in [2.75, 3.05) is 26.2 Å². The Morgan fingerprint density at radius 3 is 2.45 bits per heavy atom. The Bertz CT molecular complexity index is 1350. The van der Waals surface area contributed by atoms with Crippen LogP contribution in [0.4, 0.5) is 10.8 Å². The van der Waals surface area contributed by atoms with Crippen LogP contribution in [0.25, 0.3) is 32.1 Å². The molecule has 5 rings (SSSR count). The Kier molecular flexibility index (Phi) is 4.88. The van der Waals surface area contributed by atoms with Crippen LogP contribution < -0.4 is 14.4 Å². The third-order valence-corrected chi connectivity index (χ3v) is 6.48. The fourth-order valence-electron chi connectivity index (χ4n) is 3.60. The average Bonchev–Trinajstić information content (AvgIpc) is 3.26. The number of methoxy groups -OCH3 is 2. The molecule has 0 radical (unpaired) electrons. The molecule has 5 aromatic rings. The Morgan fingerprint density at radius 2 is 1.71 bits per heavy atom. The topological polar surface area (TPSA) is 60.4 Å². The van der Waals surface area contributed by atoms with E-state index in [9.17, 15) is 0 Å². The Morgan fingerprint density at radius 1 is 0.903 bits per heavy atom. The highest BCUT2D eigenvalue weighted by molar-refractivity contribution is 7.22. The number of pyridine rings is 1. The summed E-state index contributed by atoms with van der Waals surface area (Å²) in [6, 6.07) is 18.4. The van der Waals surface area contributed by atoms with E-state index >= 15 is 0 Å². The van der Waals surface area contributed by atoms with Crippen molar-refractivity contribution in [3.05, 3.63) is 67.0 Å². The Labute approximate surface area is 183 Å². The van der Waals surface area contributed by atoms with Crippen LogP contribution in [-0.2, 0) is 0 Å². The van der Waals surface area contributed by atoms with Crippen molar-refractivity contribution < 1.29 is 9.47 Å². The van der Waals surface area contributed by atoms with Crippen molar-refractivity contribution in [3.63, 3.8) is 0 Å². The van der Waals surface area contributed by atoms with E-state index in [-0.39, 0.29) is 0 Å². The van der Waals surface area contributed by atoms with E-state index in [1.807, 2.05) is 31.4 Å². The smallest absolute Gasteiger partial charge is 0.162 e. The van der Waals surface area contributed by atoms with E-state index in [2.05, 4.69) is 51.5 Å². The lowest BCUT2D eigenvalue weighted by Crippen LogP contribution is -2.09. The summed E-state index contributed by atoms with van der Waals surface area (Å²) < 4.78 is 12.1. The number of hydrogen-bond donors (Lipinski definition) is 0. The first kappa shape index (κ1) is 19.3. The minimum Gasteiger partial charge on any atom is -0.493 e. The molecule has 0 aliphatic heterocycles. The summed E-state index contributed by atoms with van der Waals surface area (Å²) >= 11 is 1.75. The van der Waals surface area contributed by atoms with Gasteiger partial charge in [0.1, 0.15) is 5.82 Å². The van der Waals surface area contributed by atoms with Gasteiger partial charge in [-0.2, -0.15) is 10.2 Å². The minimum absolute atomic E-state index is 0.625. The van der Waals surface area contributed by atoms with Crippen molar-refractivity contribution in [2.24, 2.45) is 0 Å². The van der Waals surface area contributed by atoms with Crippen molar-refractivity contribution in [3.8, 4) is 22.6 Å². The van der Waals surface area contributed by atoms with Gasteiger partial charge in [0.2, 0.25) is 0 Å². The molecule has 0 spiro atoms. The van der Waals surface area contributed by atoms with Gasteiger partial charge in [0, 0.05) is 40.5 Å². The van der Waals surface area contributed by atoms with Gasteiger partial charge in [0.05, 0.1) is 30.9 Å². The standard InChI is InChI=1S/C24H20N4O2S/c1-28(24-10-15-6-4-5-7-22(15)31-24)23-9-8-16(13-25-23)18-14-26-27-19-12-21(30-3)20(29-2)11-17(18)19/h4-14H,1-3H3. The zero-order valence-corrected chi connectivity index (χ0v) is 18.2. The molecule has 3 aromatic heterocycles. The number of benzene rings is 2. The van der Waals surface area contributed by atoms with Crippen LogP contribution in [-0.4, -0.2) is 36.4 Å². The zero-order valence-electron chi connectivity index (χ0n) is 17.4. The third-order valence-electron chi connectivity index (χ3n) is 5.29. The highest BCUT2D eigenvalue weighted by atomic mass is 32.1. The van der Waals surface area contributed by atoms with E-state index in [0.717, 1.165) is 32.8 Å². The minimum atomic E-state index is 0.625. The number of ether oxygens (including phenoxy) is 2. The average molecular weight is 429 g/mol. The molecular formula is C24H20N4O2S. The molecule has 0 saturated carbocycles. The summed E-state index contributed by atoms with van der Waals surface area (Å²) in [5, 5.41) is 11.7. The van der Waals surface area contributed by atoms with Crippen molar-refractivity contribution in [1.29, 1.82) is 0 Å². The van der Waals surface area contributed by atoms with Crippen molar-refractivity contribution in [1.82, 2.24) is 15.2 Å². The summed E-state index contributed by atoms with van der Waals surface area (Å²) in [5.41, 5.74) is 2.64. The normalized spacial score (nSPS) is 11.1. The highest BCUT2D eigenvalue weighted by Crippen LogP contribution is 2.37. The summed E-state index contributed by atoms with van der Waals surface area (Å²) in [5.74, 6) is 2.15. The van der Waals surface area contributed by atoms with Crippen LogP contribution in [0.1, 0.15) is 0 Å². The Balaban J connectivity index is 1.51. The van der Waals surface area contributed by atoms with Gasteiger partial charge >= 0.3 is 0 Å². The first-order chi connectivity index (χ1) is 15.2. The second kappa shape index (κ2) is 7.85. The molecule has 0 N–H and O–H groups in total. The van der Waals surface area contributed by atoms with E-state index in [1.54, 1.807) is 31.8 Å². The molecule has 7 heteroatoms. The van der Waals surface area contributed by atoms with Gasteiger partial charge in [-0.15, -0.1) is 11.3 Å². The SMILES string of the molecule is COc1cc2nncc(-c3ccc(N(C)c4cc5ccccc5s4)nc3)c2cc1OC. The lowest BCUT2D eigenvalue weighted by atomic mass is 10.0. The van der Waals surface area contributed by atoms with Crippen LogP contribution in [0.3, 0.4) is 0 Å². The van der Waals surface area contributed by atoms with E-state index in [4.69, 9.17) is 14.5 Å². The van der Waals surface area contributed by atoms with E-state index in [1.165, 1.54) is 10.1 Å². The highest BCUT2D eigenvalue weighted by Gasteiger charge is 2.14. The van der Waals surface area contributed by atoms with Gasteiger partial charge in [0.25, 0.3) is 0 Å². The van der Waals surface area contributed by atoms with Gasteiger partial charge in [-0.1, -0.05) is 18.2 Å². The lowest BCUT2D eigenvalue weighted by molar-refractivity contribution is 0.356. The maximum absolute atomic E-state index is 5.47. The molecule has 0 aliphatic carbocycles. The first-order valence-electron chi connectivity index (χ1n) is 9.74. The molecule has 6 nitrogen and oxygen atoms in total. The summed E-state index contributed by atoms with van der Waals surface area (Å²) in [7, 11) is 5.27. The maximum atomic E-state index is 5.47. The molecule has 2 aromatic carbocycles. The van der Waals surface area contributed by atoms with Crippen LogP contribution in [0, 0.1) is 0 Å². The quantitative estimate of drug-likeness (QED) is 0.358. The summed E-state index contributed by atoms with van der Waals surface area (Å²) in [6.45, 7) is 0. The maximum Gasteiger partial charge on any atom is 0.162 e. The molecule has 0 aliphatic rings. The second-order valence-corrected chi connectivity index (χ2v) is 8.13. The van der Waals surface area contributed by atoms with Gasteiger partial charge < -0.3 is 14.4 Å². The monoisotopic (exact) mass is 428 g/mol. The van der Waals surface area contributed by atoms with Crippen LogP contribution in [0.2, 0.25) is 0 Å². The van der Waals surface area contributed by atoms with E-state index < -0.39 is 0 Å². The van der Waals surface area contributed by atoms with Gasteiger partial charge in [0.15, 0.2) is 11.5 Å². The molecule has 0 bridgehead atoms. The Hall–Kier alpha value is -3.71. The van der Waals surface area contributed by atoms with Crippen LogP contribution in [0.5, 0.6) is 11.5 Å². The predicted octanol–water partition coefficient (Wildman–Crippen LogP) is 5.69. The molecule has 154 valence electrons. The third kappa shape index (κ3) is 3.43. The number of fused-ring (bicyclic) bond motifs is 2. The second-order valence-electron chi connectivity index (χ2n) is 7.07. The number of rotatable bonds is 5. The lowest BCUT2D eigenvalue weighted by Gasteiger charge is -2.16. The number of anilines is 2. The van der Waals surface area contributed by atoms with Gasteiger partial charge in [-0.05, 0) is 35.7 Å². The number of hydrogen-bond acceptors (Lipinski definition) is 7. The molecule has 0 atom stereocenters. The number of nitrogens with zero attached hydrogens (tertiary/aromatic N) is 4. The summed E-state index contributed by atoms with van der Waals surface area (Å²) in [6.07, 6.45) is 3.62. The van der Waals surface area contributed by atoms with Gasteiger partial charge in [-0.25, -0.2) is 4.98 Å². The number of thiophene rings is 1. The van der Waals surface area contributed by atoms with E-state index in [0.29, 0.717) is 11.5 Å². The molecule has 0 unspecified atom stereocenters. The molecular weight excluding hydrogens is 408 g/mol. The first-order valence-corrected chi connectivity index (χ1v) is 10.6. The largest absolute Gasteiger partial charge is 0.493 e. The van der Waals surface area contributed by atoms with Gasteiger partial charge in [-0.3, -0.25) is 0 Å². The molecule has 31 heavy (non-hydrogen) atoms. The fourth-order valence-corrected chi connectivity index (χ4v) is 4.64. The number of aromatic nitrogens is 3. The fraction of sp³-hybridized carbons (Fsp3) is 0.125. The summed E-state index contributed by atoms with van der Waals surface area (Å²) in [4.78, 5) is 6.82. The predicted molar refractivity (Wildman–Crippen MR) is 126 cm³/mol. The molecule has 3 heterocycles. The molecule has 0 fully saturated rings. The molecule has 0 saturated heterocycles. The van der Waals surface area contributed by atoms with Crippen LogP contribution in [0.15, 0.2) is 67.0 Å². The zero-order chi connectivity index (χ0) is 21.4. The van der Waals surface area contributed by atoms with Crippen LogP contribution >= 0.6 is 11.3 Å². The van der Waals surface area contributed by atoms with Crippen molar-refractivity contribution >= 4 is 43.1 Å².